The maximum absolute atomic E-state index is 12.0. The predicted octanol–water partition coefficient (Wildman–Crippen LogP) is 5.27. The van der Waals surface area contributed by atoms with Gasteiger partial charge in [0.2, 0.25) is 0 Å². The second-order valence-electron chi connectivity index (χ2n) is 6.54. The largest absolute Gasteiger partial charge is 0.276 e. The molecule has 7 heteroatoms. The van der Waals surface area contributed by atoms with E-state index < -0.39 is 5.24 Å². The number of nitrogens with zero attached hydrogens (tertiary/aromatic N) is 1. The molecule has 0 saturated carbocycles. The first-order valence-corrected chi connectivity index (χ1v) is 8.47. The third-order valence-corrected chi connectivity index (χ3v) is 3.77. The SMILES string of the molecule is CCc1ccc(C(=O)N(N)C(C)(C)C)cc1.Cl.Cl.O=C(Cl)c1ccccc1. The molecule has 2 N–H and O–H groups in total. The Morgan fingerprint density at radius 1 is 0.926 bits per heavy atom. The average molecular weight is 434 g/mol. The summed E-state index contributed by atoms with van der Waals surface area (Å²) in [5, 5.41) is 0.865. The Morgan fingerprint density at radius 2 is 1.41 bits per heavy atom. The van der Waals surface area contributed by atoms with E-state index in [1.807, 2.05) is 51.1 Å². The lowest BCUT2D eigenvalue weighted by Crippen LogP contribution is -2.50. The van der Waals surface area contributed by atoms with Crippen molar-refractivity contribution in [2.45, 2.75) is 39.7 Å². The van der Waals surface area contributed by atoms with Gasteiger partial charge in [-0.3, -0.25) is 14.6 Å². The van der Waals surface area contributed by atoms with Gasteiger partial charge in [0.05, 0.1) is 5.54 Å². The van der Waals surface area contributed by atoms with Crippen molar-refractivity contribution < 1.29 is 9.59 Å². The minimum absolute atomic E-state index is 0. The molecule has 1 amide bonds. The number of halogens is 3. The van der Waals surface area contributed by atoms with Crippen LogP contribution in [0.2, 0.25) is 0 Å². The van der Waals surface area contributed by atoms with Crippen molar-refractivity contribution in [3.8, 4) is 0 Å². The topological polar surface area (TPSA) is 63.4 Å². The van der Waals surface area contributed by atoms with E-state index in [0.717, 1.165) is 6.42 Å². The van der Waals surface area contributed by atoms with Gasteiger partial charge >= 0.3 is 0 Å². The number of aryl methyl sites for hydroxylation is 1. The molecule has 0 spiro atoms. The number of carbonyl (C=O) groups excluding carboxylic acids is 2. The summed E-state index contributed by atoms with van der Waals surface area (Å²) in [5.74, 6) is 5.64. The third kappa shape index (κ3) is 9.25. The lowest BCUT2D eigenvalue weighted by atomic mass is 10.1. The molecule has 0 atom stereocenters. The summed E-state index contributed by atoms with van der Waals surface area (Å²) >= 11 is 5.16. The van der Waals surface area contributed by atoms with Crippen molar-refractivity contribution >= 4 is 47.6 Å². The number of hydrogen-bond acceptors (Lipinski definition) is 3. The standard InChI is InChI=1S/C13H20N2O.C7H5ClO.2ClH/c1-5-10-6-8-11(9-7-10)12(16)15(14)13(2,3)4;8-7(9)6-4-2-1-3-5-6;;/h6-9H,5,14H2,1-4H3;1-5H;2*1H. The minimum Gasteiger partial charge on any atom is -0.276 e. The molecule has 2 aromatic carbocycles. The predicted molar refractivity (Wildman–Crippen MR) is 117 cm³/mol. The molecular formula is C20H27Cl3N2O2. The van der Waals surface area contributed by atoms with E-state index in [2.05, 4.69) is 6.92 Å². The summed E-state index contributed by atoms with van der Waals surface area (Å²) in [7, 11) is 0. The number of hydrazine groups is 1. The average Bonchev–Trinajstić information content (AvgIpc) is 2.61. The van der Waals surface area contributed by atoms with Crippen LogP contribution in [0.5, 0.6) is 0 Å². The van der Waals surface area contributed by atoms with Gasteiger partial charge in [-0.15, -0.1) is 24.8 Å². The molecule has 0 saturated heterocycles. The summed E-state index contributed by atoms with van der Waals surface area (Å²) in [5.41, 5.74) is 2.03. The van der Waals surface area contributed by atoms with Gasteiger partial charge in [0.15, 0.2) is 0 Å². The molecule has 0 aliphatic rings. The van der Waals surface area contributed by atoms with Crippen molar-refractivity contribution in [1.29, 1.82) is 0 Å². The zero-order valence-corrected chi connectivity index (χ0v) is 18.3. The van der Waals surface area contributed by atoms with Crippen LogP contribution in [0.25, 0.3) is 0 Å². The van der Waals surface area contributed by atoms with Crippen LogP contribution in [0, 0.1) is 0 Å². The van der Waals surface area contributed by atoms with Crippen LogP contribution < -0.4 is 5.84 Å². The van der Waals surface area contributed by atoms with Crippen LogP contribution in [0.4, 0.5) is 0 Å². The molecular weight excluding hydrogens is 407 g/mol. The molecule has 0 aromatic heterocycles. The summed E-state index contributed by atoms with van der Waals surface area (Å²) in [6.07, 6.45) is 0.972. The normalized spacial score (nSPS) is 9.70. The summed E-state index contributed by atoms with van der Waals surface area (Å²) in [6.45, 7) is 7.81. The van der Waals surface area contributed by atoms with Crippen LogP contribution in [0.15, 0.2) is 54.6 Å². The van der Waals surface area contributed by atoms with Crippen molar-refractivity contribution in [2.24, 2.45) is 5.84 Å². The Labute approximate surface area is 178 Å². The second-order valence-corrected chi connectivity index (χ2v) is 6.88. The quantitative estimate of drug-likeness (QED) is 0.310. The van der Waals surface area contributed by atoms with E-state index in [1.54, 1.807) is 24.3 Å². The maximum Gasteiger partial charge on any atom is 0.268 e. The van der Waals surface area contributed by atoms with Crippen LogP contribution in [0.3, 0.4) is 0 Å². The molecule has 150 valence electrons. The highest BCUT2D eigenvalue weighted by molar-refractivity contribution is 6.67. The Bertz CT molecular complexity index is 699. The molecule has 0 fully saturated rings. The second kappa shape index (κ2) is 12.7. The van der Waals surface area contributed by atoms with Crippen LogP contribution >= 0.6 is 36.4 Å². The molecule has 4 nitrogen and oxygen atoms in total. The van der Waals surface area contributed by atoms with Crippen molar-refractivity contribution in [2.75, 3.05) is 0 Å². The van der Waals surface area contributed by atoms with Gasteiger partial charge in [0.1, 0.15) is 0 Å². The van der Waals surface area contributed by atoms with Gasteiger partial charge in [0.25, 0.3) is 11.1 Å². The highest BCUT2D eigenvalue weighted by Gasteiger charge is 2.24. The zero-order valence-electron chi connectivity index (χ0n) is 15.9. The Hall–Kier alpha value is -1.59. The number of amides is 1. The molecule has 2 rings (SSSR count). The van der Waals surface area contributed by atoms with Crippen molar-refractivity contribution in [1.82, 2.24) is 5.01 Å². The lowest BCUT2D eigenvalue weighted by molar-refractivity contribution is 0.0581. The van der Waals surface area contributed by atoms with Crippen LogP contribution in [0.1, 0.15) is 54.0 Å². The van der Waals surface area contributed by atoms with Gasteiger partial charge in [0, 0.05) is 11.1 Å². The minimum atomic E-state index is -0.407. The molecule has 0 aliphatic heterocycles. The fourth-order valence-electron chi connectivity index (χ4n) is 1.90. The highest BCUT2D eigenvalue weighted by atomic mass is 35.5. The molecule has 27 heavy (non-hydrogen) atoms. The molecule has 0 bridgehead atoms. The van der Waals surface area contributed by atoms with E-state index >= 15 is 0 Å². The monoisotopic (exact) mass is 432 g/mol. The Balaban J connectivity index is 0. The Kier molecular flexibility index (Phi) is 13.0. The number of carbonyl (C=O) groups is 2. The van der Waals surface area contributed by atoms with E-state index in [4.69, 9.17) is 17.4 Å². The lowest BCUT2D eigenvalue weighted by Gasteiger charge is -2.31. The first-order valence-electron chi connectivity index (χ1n) is 8.10. The van der Waals surface area contributed by atoms with Crippen LogP contribution in [-0.2, 0) is 6.42 Å². The molecule has 2 aromatic rings. The van der Waals surface area contributed by atoms with E-state index in [9.17, 15) is 9.59 Å². The Morgan fingerprint density at radius 3 is 1.74 bits per heavy atom. The third-order valence-electron chi connectivity index (χ3n) is 3.55. The summed E-state index contributed by atoms with van der Waals surface area (Å²) in [4.78, 5) is 22.4. The first-order chi connectivity index (χ1) is 11.7. The van der Waals surface area contributed by atoms with Crippen molar-refractivity contribution in [3.63, 3.8) is 0 Å². The first kappa shape index (κ1) is 27.6. The smallest absolute Gasteiger partial charge is 0.268 e. The van der Waals surface area contributed by atoms with Gasteiger partial charge in [-0.05, 0) is 56.5 Å². The van der Waals surface area contributed by atoms with Gasteiger partial charge in [-0.1, -0.05) is 49.4 Å². The van der Waals surface area contributed by atoms with E-state index in [0.29, 0.717) is 11.1 Å². The van der Waals surface area contributed by atoms with Gasteiger partial charge in [-0.2, -0.15) is 0 Å². The molecule has 0 unspecified atom stereocenters. The fraction of sp³-hybridized carbons (Fsp3) is 0.300. The van der Waals surface area contributed by atoms with E-state index in [-0.39, 0.29) is 36.3 Å². The number of nitrogens with two attached hydrogens (primary N) is 1. The summed E-state index contributed by atoms with van der Waals surface area (Å²) in [6, 6.07) is 16.3. The molecule has 0 heterocycles. The number of rotatable bonds is 3. The molecule has 0 radical (unpaired) electrons. The number of benzene rings is 2. The molecule has 0 aliphatic carbocycles. The highest BCUT2D eigenvalue weighted by Crippen LogP contribution is 2.13. The van der Waals surface area contributed by atoms with Crippen molar-refractivity contribution in [3.05, 3.63) is 71.3 Å². The summed E-state index contributed by atoms with van der Waals surface area (Å²) < 4.78 is 0. The maximum atomic E-state index is 12.0. The van der Waals surface area contributed by atoms with Crippen LogP contribution in [-0.4, -0.2) is 21.7 Å². The fourth-order valence-corrected chi connectivity index (χ4v) is 2.02. The number of hydrogen-bond donors (Lipinski definition) is 1. The van der Waals surface area contributed by atoms with Gasteiger partial charge in [-0.25, -0.2) is 5.84 Å². The zero-order chi connectivity index (χ0) is 19.0. The van der Waals surface area contributed by atoms with Gasteiger partial charge < -0.3 is 0 Å². The van der Waals surface area contributed by atoms with E-state index in [1.165, 1.54) is 10.6 Å².